The number of hydrogen-bond acceptors (Lipinski definition) is 2. The highest BCUT2D eigenvalue weighted by Crippen LogP contribution is 2.38. The lowest BCUT2D eigenvalue weighted by Crippen LogP contribution is -2.45. The Kier molecular flexibility index (Phi) is 4.76. The van der Waals surface area contributed by atoms with E-state index in [9.17, 15) is 8.78 Å². The molecule has 1 aromatic rings. The molecule has 4 heteroatoms. The number of aryl methyl sites for hydroxylation is 2. The van der Waals surface area contributed by atoms with Gasteiger partial charge in [0.15, 0.2) is 0 Å². The van der Waals surface area contributed by atoms with Crippen LogP contribution in [0.25, 0.3) is 0 Å². The van der Waals surface area contributed by atoms with E-state index in [1.807, 2.05) is 6.92 Å². The van der Waals surface area contributed by atoms with Gasteiger partial charge in [0.05, 0.1) is 0 Å². The summed E-state index contributed by atoms with van der Waals surface area (Å²) in [6.07, 6.45) is 2.10. The van der Waals surface area contributed by atoms with E-state index in [0.717, 1.165) is 6.42 Å². The summed E-state index contributed by atoms with van der Waals surface area (Å²) in [5.41, 5.74) is 6.35. The van der Waals surface area contributed by atoms with Crippen LogP contribution in [0, 0.1) is 19.8 Å². The topological polar surface area (TPSA) is 38.0 Å². The Hall–Kier alpha value is -1.00. The Morgan fingerprint density at radius 3 is 2.80 bits per heavy atom. The molecule has 20 heavy (non-hydrogen) atoms. The second kappa shape index (κ2) is 6.19. The Balaban J connectivity index is 2.10. The molecule has 1 aromatic carbocycles. The number of nitrogens with one attached hydrogen (secondary N) is 1. The van der Waals surface area contributed by atoms with Gasteiger partial charge in [0.25, 0.3) is 0 Å². The van der Waals surface area contributed by atoms with Gasteiger partial charge in [-0.25, -0.2) is 8.78 Å². The van der Waals surface area contributed by atoms with Crippen LogP contribution in [0.5, 0.6) is 0 Å². The molecule has 2 nitrogen and oxygen atoms in total. The monoisotopic (exact) mass is 282 g/mol. The molecule has 0 aliphatic heterocycles. The van der Waals surface area contributed by atoms with Crippen molar-refractivity contribution in [2.75, 3.05) is 0 Å². The maximum absolute atomic E-state index is 13.6. The Morgan fingerprint density at radius 1 is 1.40 bits per heavy atom. The molecule has 1 aliphatic carbocycles. The fourth-order valence-electron chi connectivity index (χ4n) is 3.17. The van der Waals surface area contributed by atoms with E-state index >= 15 is 0 Å². The average molecular weight is 282 g/mol. The molecule has 0 aromatic heterocycles. The first-order chi connectivity index (χ1) is 9.41. The van der Waals surface area contributed by atoms with Crippen molar-refractivity contribution in [1.29, 1.82) is 0 Å². The lowest BCUT2D eigenvalue weighted by Gasteiger charge is -2.34. The van der Waals surface area contributed by atoms with Gasteiger partial charge >= 0.3 is 0 Å². The van der Waals surface area contributed by atoms with Crippen LogP contribution in [0.3, 0.4) is 0 Å². The van der Waals surface area contributed by atoms with Gasteiger partial charge < -0.3 is 0 Å². The first-order valence-electron chi connectivity index (χ1n) is 7.31. The van der Waals surface area contributed by atoms with Crippen molar-refractivity contribution in [2.24, 2.45) is 11.8 Å². The van der Waals surface area contributed by atoms with Gasteiger partial charge in [-0.05, 0) is 50.2 Å². The highest BCUT2D eigenvalue weighted by atomic mass is 19.3. The summed E-state index contributed by atoms with van der Waals surface area (Å²) in [5.74, 6) is 3.05. The van der Waals surface area contributed by atoms with E-state index in [4.69, 9.17) is 5.84 Å². The predicted octanol–water partition coefficient (Wildman–Crippen LogP) is 3.50. The highest BCUT2D eigenvalue weighted by Gasteiger charge is 2.39. The molecular weight excluding hydrogens is 258 g/mol. The van der Waals surface area contributed by atoms with E-state index in [1.165, 1.54) is 16.7 Å². The third kappa shape index (κ3) is 3.76. The maximum atomic E-state index is 13.6. The quantitative estimate of drug-likeness (QED) is 0.655. The van der Waals surface area contributed by atoms with E-state index in [2.05, 4.69) is 30.5 Å². The Morgan fingerprint density at radius 2 is 2.15 bits per heavy atom. The minimum absolute atomic E-state index is 0.0181. The second-order valence-electron chi connectivity index (χ2n) is 6.12. The van der Waals surface area contributed by atoms with Crippen LogP contribution >= 0.6 is 0 Å². The fraction of sp³-hybridized carbons (Fsp3) is 0.625. The molecule has 2 unspecified atom stereocenters. The molecule has 112 valence electrons. The number of alkyl halides is 2. The van der Waals surface area contributed by atoms with Gasteiger partial charge in [-0.15, -0.1) is 0 Å². The molecule has 0 saturated heterocycles. The molecule has 2 atom stereocenters. The summed E-state index contributed by atoms with van der Waals surface area (Å²) in [4.78, 5) is 0. The van der Waals surface area contributed by atoms with Crippen molar-refractivity contribution in [3.63, 3.8) is 0 Å². The molecule has 1 saturated carbocycles. The molecule has 0 amide bonds. The number of nitrogens with two attached hydrogens (primary N) is 1. The highest BCUT2D eigenvalue weighted by molar-refractivity contribution is 5.31. The lowest BCUT2D eigenvalue weighted by atomic mass is 9.79. The molecule has 0 bridgehead atoms. The first-order valence-corrected chi connectivity index (χ1v) is 7.31. The van der Waals surface area contributed by atoms with Crippen LogP contribution in [0.4, 0.5) is 8.78 Å². The largest absolute Gasteiger partial charge is 0.271 e. The minimum Gasteiger partial charge on any atom is -0.271 e. The van der Waals surface area contributed by atoms with Crippen LogP contribution in [-0.2, 0) is 6.42 Å². The van der Waals surface area contributed by atoms with E-state index < -0.39 is 5.92 Å². The second-order valence-corrected chi connectivity index (χ2v) is 6.12. The Bertz CT molecular complexity index is 460. The third-order valence-electron chi connectivity index (χ3n) is 4.41. The summed E-state index contributed by atoms with van der Waals surface area (Å²) in [6, 6.07) is 6.19. The molecular formula is C16H24F2N2. The zero-order chi connectivity index (χ0) is 14.8. The fourth-order valence-corrected chi connectivity index (χ4v) is 3.17. The Labute approximate surface area is 119 Å². The van der Waals surface area contributed by atoms with Crippen molar-refractivity contribution >= 4 is 0 Å². The zero-order valence-corrected chi connectivity index (χ0v) is 12.3. The van der Waals surface area contributed by atoms with Gasteiger partial charge in [-0.1, -0.05) is 23.8 Å². The van der Waals surface area contributed by atoms with Crippen molar-refractivity contribution in [1.82, 2.24) is 5.43 Å². The SMILES string of the molecule is Cc1ccc(C)c(CC(NN)C2CCCC(F)(F)C2)c1. The molecule has 0 heterocycles. The molecule has 1 fully saturated rings. The molecule has 0 radical (unpaired) electrons. The lowest BCUT2D eigenvalue weighted by molar-refractivity contribution is -0.0581. The number of benzene rings is 1. The summed E-state index contributed by atoms with van der Waals surface area (Å²) in [6.45, 7) is 4.10. The number of hydrazine groups is 1. The molecule has 0 spiro atoms. The van der Waals surface area contributed by atoms with Gasteiger partial charge in [-0.3, -0.25) is 11.3 Å². The smallest absolute Gasteiger partial charge is 0.248 e. The third-order valence-corrected chi connectivity index (χ3v) is 4.41. The standard InChI is InChI=1S/C16H24F2N2/c1-11-5-6-12(2)14(8-11)9-15(20-19)13-4-3-7-16(17,18)10-13/h5-6,8,13,15,20H,3-4,7,9-10,19H2,1-2H3. The van der Waals surface area contributed by atoms with Gasteiger partial charge in [0, 0.05) is 18.9 Å². The number of hydrogen-bond donors (Lipinski definition) is 2. The van der Waals surface area contributed by atoms with Crippen LogP contribution in [0.1, 0.15) is 42.4 Å². The van der Waals surface area contributed by atoms with Crippen molar-refractivity contribution in [3.05, 3.63) is 34.9 Å². The number of halogens is 2. The summed E-state index contributed by atoms with van der Waals surface area (Å²) in [5, 5.41) is 0. The van der Waals surface area contributed by atoms with E-state index in [-0.39, 0.29) is 24.8 Å². The average Bonchev–Trinajstić information content (AvgIpc) is 2.38. The van der Waals surface area contributed by atoms with E-state index in [1.54, 1.807) is 0 Å². The van der Waals surface area contributed by atoms with Gasteiger partial charge in [0.2, 0.25) is 5.92 Å². The summed E-state index contributed by atoms with van der Waals surface area (Å²) in [7, 11) is 0. The van der Waals surface area contributed by atoms with Crippen LogP contribution < -0.4 is 11.3 Å². The van der Waals surface area contributed by atoms with Crippen LogP contribution in [-0.4, -0.2) is 12.0 Å². The zero-order valence-electron chi connectivity index (χ0n) is 12.3. The van der Waals surface area contributed by atoms with Crippen molar-refractivity contribution in [3.8, 4) is 0 Å². The van der Waals surface area contributed by atoms with Gasteiger partial charge in [-0.2, -0.15) is 0 Å². The normalized spacial score (nSPS) is 23.6. The van der Waals surface area contributed by atoms with Crippen LogP contribution in [0.15, 0.2) is 18.2 Å². The van der Waals surface area contributed by atoms with Crippen LogP contribution in [0.2, 0.25) is 0 Å². The number of rotatable bonds is 4. The van der Waals surface area contributed by atoms with E-state index in [0.29, 0.717) is 12.8 Å². The maximum Gasteiger partial charge on any atom is 0.248 e. The van der Waals surface area contributed by atoms with Gasteiger partial charge in [0.1, 0.15) is 0 Å². The first kappa shape index (κ1) is 15.4. The molecule has 3 N–H and O–H groups in total. The molecule has 2 rings (SSSR count). The summed E-state index contributed by atoms with van der Waals surface area (Å²) >= 11 is 0. The molecule has 1 aliphatic rings. The minimum atomic E-state index is -2.53. The predicted molar refractivity (Wildman–Crippen MR) is 77.6 cm³/mol. The summed E-state index contributed by atoms with van der Waals surface area (Å²) < 4.78 is 27.1. The van der Waals surface area contributed by atoms with Crippen molar-refractivity contribution < 1.29 is 8.78 Å². The van der Waals surface area contributed by atoms with Crippen molar-refractivity contribution in [2.45, 2.75) is 57.9 Å².